The van der Waals surface area contributed by atoms with Crippen molar-refractivity contribution in [2.24, 2.45) is 5.41 Å². The zero-order valence-corrected chi connectivity index (χ0v) is 18.5. The number of esters is 2. The van der Waals surface area contributed by atoms with Gasteiger partial charge in [-0.3, -0.25) is 14.5 Å². The molecule has 2 heterocycles. The van der Waals surface area contributed by atoms with Crippen LogP contribution in [-0.2, 0) is 23.8 Å². The van der Waals surface area contributed by atoms with E-state index in [0.29, 0.717) is 19.5 Å². The molecule has 0 bridgehead atoms. The van der Waals surface area contributed by atoms with E-state index in [1.54, 1.807) is 4.90 Å². The molecule has 0 radical (unpaired) electrons. The molecule has 8 nitrogen and oxygen atoms in total. The van der Waals surface area contributed by atoms with Crippen molar-refractivity contribution in [3.8, 4) is 0 Å². The van der Waals surface area contributed by atoms with Crippen molar-refractivity contribution in [1.82, 2.24) is 9.80 Å². The van der Waals surface area contributed by atoms with Gasteiger partial charge in [0.1, 0.15) is 11.6 Å². The number of hydrogen-bond donors (Lipinski definition) is 0. The van der Waals surface area contributed by atoms with Crippen LogP contribution in [0.25, 0.3) is 0 Å². The van der Waals surface area contributed by atoms with Crippen LogP contribution in [0.4, 0.5) is 4.79 Å². The molecule has 0 aromatic heterocycles. The van der Waals surface area contributed by atoms with Crippen LogP contribution in [-0.4, -0.2) is 79.9 Å². The molecule has 0 aromatic carbocycles. The highest BCUT2D eigenvalue weighted by atomic mass is 16.6. The lowest BCUT2D eigenvalue weighted by Gasteiger charge is -2.48. The number of methoxy groups -OCH3 is 2. The maximum Gasteiger partial charge on any atom is 0.410 e. The summed E-state index contributed by atoms with van der Waals surface area (Å²) in [6, 6.07) is -0.418. The quantitative estimate of drug-likeness (QED) is 0.507. The van der Waals surface area contributed by atoms with Crippen LogP contribution in [0.3, 0.4) is 0 Å². The molecule has 0 saturated carbocycles. The lowest BCUT2D eigenvalue weighted by atomic mass is 9.71. The summed E-state index contributed by atoms with van der Waals surface area (Å²) in [5.41, 5.74) is -0.275. The minimum absolute atomic E-state index is 0.197. The molecule has 0 aromatic rings. The molecule has 8 heteroatoms. The molecule has 1 spiro atoms. The highest BCUT2D eigenvalue weighted by Crippen LogP contribution is 2.42. The Kier molecular flexibility index (Phi) is 7.91. The number of likely N-dealkylation sites (tertiary alicyclic amines) is 2. The Morgan fingerprint density at radius 2 is 1.48 bits per heavy atom. The first kappa shape index (κ1) is 23.4. The number of carbonyl (C=O) groups is 3. The van der Waals surface area contributed by atoms with E-state index in [0.717, 1.165) is 38.8 Å². The van der Waals surface area contributed by atoms with Gasteiger partial charge in [0.05, 0.1) is 14.2 Å². The Labute approximate surface area is 173 Å². The molecule has 2 fully saturated rings. The van der Waals surface area contributed by atoms with E-state index in [2.05, 4.69) is 4.90 Å². The molecule has 1 atom stereocenters. The third-order valence-electron chi connectivity index (χ3n) is 6.10. The van der Waals surface area contributed by atoms with Crippen LogP contribution in [0.1, 0.15) is 59.3 Å². The van der Waals surface area contributed by atoms with Gasteiger partial charge in [-0.05, 0) is 71.4 Å². The minimum Gasteiger partial charge on any atom is -0.469 e. The van der Waals surface area contributed by atoms with Crippen LogP contribution < -0.4 is 0 Å². The zero-order chi connectivity index (χ0) is 21.7. The Bertz CT molecular complexity index is 582. The van der Waals surface area contributed by atoms with Crippen LogP contribution in [0.5, 0.6) is 0 Å². The Morgan fingerprint density at radius 3 is 1.97 bits per heavy atom. The lowest BCUT2D eigenvalue weighted by Crippen LogP contribution is -2.52. The van der Waals surface area contributed by atoms with Gasteiger partial charge in [0.2, 0.25) is 0 Å². The molecule has 1 unspecified atom stereocenters. The second kappa shape index (κ2) is 9.78. The van der Waals surface area contributed by atoms with Gasteiger partial charge in [-0.25, -0.2) is 4.79 Å². The molecule has 29 heavy (non-hydrogen) atoms. The van der Waals surface area contributed by atoms with Crippen molar-refractivity contribution < 1.29 is 28.6 Å². The maximum absolute atomic E-state index is 12.3. The standard InChI is InChI=1S/C21H36N2O6/c1-20(2,3)29-19(26)23-14-10-21(11-15-23)8-12-22(13-9-21)16(18(25)28-5)6-7-17(24)27-4/h16H,6-15H2,1-5H3. The molecule has 0 aliphatic carbocycles. The van der Waals surface area contributed by atoms with Crippen molar-refractivity contribution in [1.29, 1.82) is 0 Å². The number of ether oxygens (including phenoxy) is 3. The summed E-state index contributed by atoms with van der Waals surface area (Å²) in [7, 11) is 2.73. The molecule has 2 rings (SSSR count). The zero-order valence-electron chi connectivity index (χ0n) is 18.5. The first-order chi connectivity index (χ1) is 13.6. The predicted octanol–water partition coefficient (Wildman–Crippen LogP) is 2.59. The Hall–Kier alpha value is -1.83. The molecule has 0 N–H and O–H groups in total. The van der Waals surface area contributed by atoms with E-state index in [-0.39, 0.29) is 29.9 Å². The normalized spacial score (nSPS) is 20.8. The topological polar surface area (TPSA) is 85.4 Å². The average molecular weight is 413 g/mol. The van der Waals surface area contributed by atoms with Crippen molar-refractivity contribution in [3.63, 3.8) is 0 Å². The predicted molar refractivity (Wildman–Crippen MR) is 107 cm³/mol. The van der Waals surface area contributed by atoms with E-state index in [1.807, 2.05) is 20.8 Å². The molecule has 2 saturated heterocycles. The van der Waals surface area contributed by atoms with Gasteiger partial charge in [0.25, 0.3) is 0 Å². The van der Waals surface area contributed by atoms with E-state index >= 15 is 0 Å². The van der Waals surface area contributed by atoms with Crippen LogP contribution in [0, 0.1) is 5.41 Å². The molecule has 2 aliphatic heterocycles. The first-order valence-electron chi connectivity index (χ1n) is 10.5. The largest absolute Gasteiger partial charge is 0.469 e. The highest BCUT2D eigenvalue weighted by molar-refractivity contribution is 5.77. The summed E-state index contributed by atoms with van der Waals surface area (Å²) >= 11 is 0. The van der Waals surface area contributed by atoms with Gasteiger partial charge in [-0.15, -0.1) is 0 Å². The van der Waals surface area contributed by atoms with Crippen molar-refractivity contribution in [2.45, 2.75) is 70.9 Å². The van der Waals surface area contributed by atoms with Crippen LogP contribution in [0.15, 0.2) is 0 Å². The third kappa shape index (κ3) is 6.59. The van der Waals surface area contributed by atoms with Crippen LogP contribution in [0.2, 0.25) is 0 Å². The lowest BCUT2D eigenvalue weighted by molar-refractivity contribution is -0.149. The number of piperidine rings is 2. The third-order valence-corrected chi connectivity index (χ3v) is 6.10. The molecular weight excluding hydrogens is 376 g/mol. The Morgan fingerprint density at radius 1 is 0.931 bits per heavy atom. The van der Waals surface area contributed by atoms with Gasteiger partial charge in [0.15, 0.2) is 0 Å². The highest BCUT2D eigenvalue weighted by Gasteiger charge is 2.41. The van der Waals surface area contributed by atoms with E-state index < -0.39 is 11.6 Å². The monoisotopic (exact) mass is 412 g/mol. The SMILES string of the molecule is COC(=O)CCC(C(=O)OC)N1CCC2(CCN(C(=O)OC(C)(C)C)CC2)CC1. The van der Waals surface area contributed by atoms with Crippen molar-refractivity contribution in [3.05, 3.63) is 0 Å². The van der Waals surface area contributed by atoms with Gasteiger partial charge in [0, 0.05) is 19.5 Å². The average Bonchev–Trinajstić information content (AvgIpc) is 2.68. The van der Waals surface area contributed by atoms with Crippen LogP contribution >= 0.6 is 0 Å². The van der Waals surface area contributed by atoms with E-state index in [4.69, 9.17) is 14.2 Å². The fraction of sp³-hybridized carbons (Fsp3) is 0.857. The number of hydrogen-bond acceptors (Lipinski definition) is 7. The molecule has 2 aliphatic rings. The number of nitrogens with zero attached hydrogens (tertiary/aromatic N) is 2. The van der Waals surface area contributed by atoms with E-state index in [9.17, 15) is 14.4 Å². The summed E-state index contributed by atoms with van der Waals surface area (Å²) in [5, 5.41) is 0. The summed E-state index contributed by atoms with van der Waals surface area (Å²) in [6.07, 6.45) is 4.21. The molecular formula is C21H36N2O6. The fourth-order valence-corrected chi connectivity index (χ4v) is 4.24. The van der Waals surface area contributed by atoms with Crippen molar-refractivity contribution >= 4 is 18.0 Å². The summed E-state index contributed by atoms with van der Waals surface area (Å²) < 4.78 is 15.1. The van der Waals surface area contributed by atoms with Gasteiger partial charge in [-0.2, -0.15) is 0 Å². The van der Waals surface area contributed by atoms with Gasteiger partial charge in [-0.1, -0.05) is 0 Å². The second-order valence-electron chi connectivity index (χ2n) is 9.16. The van der Waals surface area contributed by atoms with Gasteiger partial charge < -0.3 is 19.1 Å². The molecule has 1 amide bonds. The summed E-state index contributed by atoms with van der Waals surface area (Å²) in [6.45, 7) is 8.62. The minimum atomic E-state index is -0.481. The summed E-state index contributed by atoms with van der Waals surface area (Å²) in [5.74, 6) is -0.619. The second-order valence-corrected chi connectivity index (χ2v) is 9.16. The Balaban J connectivity index is 1.88. The number of carbonyl (C=O) groups excluding carboxylic acids is 3. The van der Waals surface area contributed by atoms with E-state index in [1.165, 1.54) is 14.2 Å². The smallest absolute Gasteiger partial charge is 0.410 e. The first-order valence-corrected chi connectivity index (χ1v) is 10.5. The maximum atomic E-state index is 12.3. The van der Waals surface area contributed by atoms with Gasteiger partial charge >= 0.3 is 18.0 Å². The fourth-order valence-electron chi connectivity index (χ4n) is 4.24. The molecule has 166 valence electrons. The number of rotatable bonds is 5. The summed E-state index contributed by atoms with van der Waals surface area (Å²) in [4.78, 5) is 39.9. The number of amides is 1. The van der Waals surface area contributed by atoms with Crippen molar-refractivity contribution in [2.75, 3.05) is 40.4 Å².